The molecule has 0 rings (SSSR count). The number of hydrogen-bond donors (Lipinski definition) is 3. The molecule has 0 saturated heterocycles. The van der Waals surface area contributed by atoms with Gasteiger partial charge in [0.25, 0.3) is 0 Å². The molecule has 152 valence electrons. The van der Waals surface area contributed by atoms with Gasteiger partial charge in [-0.15, -0.1) is 0 Å². The van der Waals surface area contributed by atoms with Crippen molar-refractivity contribution in [3.8, 4) is 0 Å². The molecule has 26 heavy (non-hydrogen) atoms. The Morgan fingerprint density at radius 1 is 0.923 bits per heavy atom. The second-order valence-electron chi connectivity index (χ2n) is 6.00. The minimum Gasteiger partial charge on any atom is -0.381 e. The van der Waals surface area contributed by atoms with Crippen LogP contribution in [0, 0.1) is 5.92 Å². The first-order chi connectivity index (χ1) is 12.5. The third kappa shape index (κ3) is 17.3. The fraction of sp³-hybridized carbons (Fsp3) is 0.824. The number of hydrogen-bond acceptors (Lipinski definition) is 7. The molecule has 0 fully saturated rings. The van der Waals surface area contributed by atoms with Gasteiger partial charge in [0.2, 0.25) is 11.8 Å². The van der Waals surface area contributed by atoms with Gasteiger partial charge >= 0.3 is 0 Å². The molecule has 2 amide bonds. The lowest BCUT2D eigenvalue weighted by Crippen LogP contribution is -2.28. The Hall–Kier alpha value is -1.55. The number of ketones is 1. The second kappa shape index (κ2) is 16.9. The van der Waals surface area contributed by atoms with Gasteiger partial charge in [-0.1, -0.05) is 0 Å². The van der Waals surface area contributed by atoms with Crippen molar-refractivity contribution in [3.05, 3.63) is 0 Å². The minimum absolute atomic E-state index is 0.0601. The fourth-order valence-corrected chi connectivity index (χ4v) is 1.87. The zero-order chi connectivity index (χ0) is 19.6. The Bertz CT molecular complexity index is 384. The highest BCUT2D eigenvalue weighted by atomic mass is 16.5. The van der Waals surface area contributed by atoms with E-state index in [1.54, 1.807) is 0 Å². The molecule has 0 aromatic carbocycles. The standard InChI is InChI=1S/C17H33N3O6/c1-14(21)3-8-24-11-15(12-25-9-4-16(19)22)13-26-10-5-17(23)20-7-2-6-18/h15H,2-13,18H2,1H3,(H2,19,22)(H,20,23). The van der Waals surface area contributed by atoms with Crippen molar-refractivity contribution in [2.45, 2.75) is 32.6 Å². The molecule has 9 nitrogen and oxygen atoms in total. The zero-order valence-corrected chi connectivity index (χ0v) is 15.7. The van der Waals surface area contributed by atoms with Crippen LogP contribution in [0.15, 0.2) is 0 Å². The van der Waals surface area contributed by atoms with Crippen LogP contribution in [-0.2, 0) is 28.6 Å². The number of amides is 2. The van der Waals surface area contributed by atoms with Crippen LogP contribution < -0.4 is 16.8 Å². The molecule has 0 aliphatic carbocycles. The Morgan fingerprint density at radius 3 is 1.96 bits per heavy atom. The first kappa shape index (κ1) is 24.5. The van der Waals surface area contributed by atoms with E-state index in [4.69, 9.17) is 25.7 Å². The van der Waals surface area contributed by atoms with Crippen LogP contribution >= 0.6 is 0 Å². The molecule has 0 bridgehead atoms. The average molecular weight is 375 g/mol. The van der Waals surface area contributed by atoms with Crippen LogP contribution in [0.4, 0.5) is 0 Å². The monoisotopic (exact) mass is 375 g/mol. The van der Waals surface area contributed by atoms with E-state index in [-0.39, 0.29) is 37.1 Å². The van der Waals surface area contributed by atoms with E-state index >= 15 is 0 Å². The normalized spacial score (nSPS) is 11.9. The predicted molar refractivity (Wildman–Crippen MR) is 96.4 cm³/mol. The summed E-state index contributed by atoms with van der Waals surface area (Å²) < 4.78 is 16.4. The number of carbonyl (C=O) groups excluding carboxylic acids is 3. The molecule has 1 atom stereocenters. The first-order valence-electron chi connectivity index (χ1n) is 8.93. The van der Waals surface area contributed by atoms with E-state index < -0.39 is 5.91 Å². The van der Waals surface area contributed by atoms with E-state index in [0.717, 1.165) is 6.42 Å². The van der Waals surface area contributed by atoms with Crippen LogP contribution in [0.25, 0.3) is 0 Å². The fourth-order valence-electron chi connectivity index (χ4n) is 1.87. The van der Waals surface area contributed by atoms with Crippen LogP contribution in [0.1, 0.15) is 32.6 Å². The van der Waals surface area contributed by atoms with Crippen LogP contribution in [0.3, 0.4) is 0 Å². The Morgan fingerprint density at radius 2 is 1.46 bits per heavy atom. The van der Waals surface area contributed by atoms with E-state index in [1.807, 2.05) is 0 Å². The van der Waals surface area contributed by atoms with Gasteiger partial charge in [-0.25, -0.2) is 0 Å². The molecule has 0 heterocycles. The maximum absolute atomic E-state index is 11.6. The summed E-state index contributed by atoms with van der Waals surface area (Å²) in [5.74, 6) is -0.493. The lowest BCUT2D eigenvalue weighted by Gasteiger charge is -2.17. The van der Waals surface area contributed by atoms with Gasteiger partial charge in [-0.3, -0.25) is 14.4 Å². The summed E-state index contributed by atoms with van der Waals surface area (Å²) >= 11 is 0. The van der Waals surface area contributed by atoms with Crippen LogP contribution in [0.5, 0.6) is 0 Å². The van der Waals surface area contributed by atoms with Crippen molar-refractivity contribution in [1.82, 2.24) is 5.32 Å². The third-order valence-corrected chi connectivity index (χ3v) is 3.33. The molecule has 0 spiro atoms. The van der Waals surface area contributed by atoms with Gasteiger partial charge in [-0.05, 0) is 19.9 Å². The molecule has 0 aromatic heterocycles. The molecule has 5 N–H and O–H groups in total. The summed E-state index contributed by atoms with van der Waals surface area (Å²) in [5, 5.41) is 2.75. The number of rotatable bonds is 18. The molecule has 1 unspecified atom stereocenters. The highest BCUT2D eigenvalue weighted by Gasteiger charge is 2.11. The summed E-state index contributed by atoms with van der Waals surface area (Å²) in [6, 6.07) is 0. The van der Waals surface area contributed by atoms with Crippen molar-refractivity contribution in [3.63, 3.8) is 0 Å². The lowest BCUT2D eigenvalue weighted by atomic mass is 10.2. The molecule has 0 aliphatic rings. The molecular weight excluding hydrogens is 342 g/mol. The maximum atomic E-state index is 11.6. The molecule has 0 saturated carbocycles. The minimum atomic E-state index is -0.420. The van der Waals surface area contributed by atoms with Crippen molar-refractivity contribution in [2.75, 3.05) is 52.7 Å². The van der Waals surface area contributed by atoms with Crippen molar-refractivity contribution in [1.29, 1.82) is 0 Å². The SMILES string of the molecule is CC(=O)CCOCC(COCCC(N)=O)COCCC(=O)NCCCN. The second-order valence-corrected chi connectivity index (χ2v) is 6.00. The summed E-state index contributed by atoms with van der Waals surface area (Å²) in [6.45, 7) is 4.55. The highest BCUT2D eigenvalue weighted by Crippen LogP contribution is 2.03. The maximum Gasteiger partial charge on any atom is 0.222 e. The van der Waals surface area contributed by atoms with E-state index in [0.29, 0.717) is 52.5 Å². The third-order valence-electron chi connectivity index (χ3n) is 3.33. The zero-order valence-electron chi connectivity index (χ0n) is 15.7. The quantitative estimate of drug-likeness (QED) is 0.270. The molecule has 0 radical (unpaired) electrons. The Kier molecular flexibility index (Phi) is 15.9. The molecule has 9 heteroatoms. The van der Waals surface area contributed by atoms with Crippen molar-refractivity contribution < 1.29 is 28.6 Å². The van der Waals surface area contributed by atoms with Gasteiger partial charge < -0.3 is 31.0 Å². The largest absolute Gasteiger partial charge is 0.381 e. The summed E-state index contributed by atoms with van der Waals surface area (Å²) in [4.78, 5) is 33.2. The number of nitrogens with two attached hydrogens (primary N) is 2. The van der Waals surface area contributed by atoms with Crippen LogP contribution in [0.2, 0.25) is 0 Å². The number of ether oxygens (including phenoxy) is 3. The molecule has 0 aromatic rings. The number of Topliss-reactive ketones (excluding diaryl/α,β-unsaturated/α-hetero) is 1. The number of primary amides is 1. The number of nitrogens with one attached hydrogen (secondary N) is 1. The van der Waals surface area contributed by atoms with Gasteiger partial charge in [-0.2, -0.15) is 0 Å². The van der Waals surface area contributed by atoms with Crippen molar-refractivity contribution >= 4 is 17.6 Å². The number of carbonyl (C=O) groups is 3. The van der Waals surface area contributed by atoms with Gasteiger partial charge in [0.15, 0.2) is 0 Å². The van der Waals surface area contributed by atoms with Gasteiger partial charge in [0, 0.05) is 31.7 Å². The Labute approximate surface area is 155 Å². The summed E-state index contributed by atoms with van der Waals surface area (Å²) in [7, 11) is 0. The van der Waals surface area contributed by atoms with Gasteiger partial charge in [0.1, 0.15) is 5.78 Å². The lowest BCUT2D eigenvalue weighted by molar-refractivity contribution is -0.122. The smallest absolute Gasteiger partial charge is 0.222 e. The summed E-state index contributed by atoms with van der Waals surface area (Å²) in [6.07, 6.45) is 1.53. The van der Waals surface area contributed by atoms with E-state index in [9.17, 15) is 14.4 Å². The van der Waals surface area contributed by atoms with Crippen LogP contribution in [-0.4, -0.2) is 70.3 Å². The van der Waals surface area contributed by atoms with Gasteiger partial charge in [0.05, 0.1) is 39.6 Å². The van der Waals surface area contributed by atoms with Crippen molar-refractivity contribution in [2.24, 2.45) is 17.4 Å². The molecular formula is C17H33N3O6. The first-order valence-corrected chi connectivity index (χ1v) is 8.93. The summed E-state index contributed by atoms with van der Waals surface area (Å²) in [5.41, 5.74) is 10.4. The van der Waals surface area contributed by atoms with E-state index in [1.165, 1.54) is 6.92 Å². The van der Waals surface area contributed by atoms with E-state index in [2.05, 4.69) is 5.32 Å². The highest BCUT2D eigenvalue weighted by molar-refractivity contribution is 5.76. The molecule has 0 aliphatic heterocycles. The average Bonchev–Trinajstić information content (AvgIpc) is 2.58. The predicted octanol–water partition coefficient (Wildman–Crippen LogP) is -0.638. The topological polar surface area (TPSA) is 143 Å². The Balaban J connectivity index is 3.98.